The second-order valence-corrected chi connectivity index (χ2v) is 8.14. The van der Waals surface area contributed by atoms with E-state index in [0.717, 1.165) is 11.6 Å². The van der Waals surface area contributed by atoms with Crippen LogP contribution in [0.4, 0.5) is 4.39 Å². The molecule has 7 nitrogen and oxygen atoms in total. The zero-order chi connectivity index (χ0) is 23.1. The number of aliphatic hydroxyl groups is 1. The van der Waals surface area contributed by atoms with Gasteiger partial charge >= 0.3 is 0 Å². The van der Waals surface area contributed by atoms with E-state index < -0.39 is 23.9 Å². The molecule has 1 unspecified atom stereocenters. The quantitative estimate of drug-likeness (QED) is 0.508. The molecule has 0 bridgehead atoms. The number of nitrogens with one attached hydrogen (secondary N) is 2. The summed E-state index contributed by atoms with van der Waals surface area (Å²) in [6.07, 6.45) is -0.0597. The van der Waals surface area contributed by atoms with Gasteiger partial charge in [-0.3, -0.25) is 9.59 Å². The maximum atomic E-state index is 13.3. The van der Waals surface area contributed by atoms with Crippen LogP contribution in [0.5, 0.6) is 11.5 Å². The minimum absolute atomic E-state index is 0.0303. The number of hydrogen-bond donors (Lipinski definition) is 3. The van der Waals surface area contributed by atoms with Gasteiger partial charge in [0.25, 0.3) is 11.8 Å². The summed E-state index contributed by atoms with van der Waals surface area (Å²) >= 11 is 11.5. The first-order chi connectivity index (χ1) is 15.3. The van der Waals surface area contributed by atoms with E-state index in [9.17, 15) is 19.1 Å². The molecule has 0 fully saturated rings. The molecule has 0 saturated heterocycles. The molecule has 3 N–H and O–H groups in total. The van der Waals surface area contributed by atoms with Crippen LogP contribution in [0, 0.1) is 5.82 Å². The molecule has 0 radical (unpaired) electrons. The van der Waals surface area contributed by atoms with Crippen LogP contribution in [0.15, 0.2) is 36.4 Å². The Hall–Kier alpha value is -2.55. The average molecular weight is 485 g/mol. The van der Waals surface area contributed by atoms with Crippen molar-refractivity contribution in [1.29, 1.82) is 0 Å². The molecule has 32 heavy (non-hydrogen) atoms. The highest BCUT2D eigenvalue weighted by atomic mass is 35.5. The van der Waals surface area contributed by atoms with Crippen LogP contribution in [0.25, 0.3) is 0 Å². The van der Waals surface area contributed by atoms with Gasteiger partial charge in [0.15, 0.2) is 12.7 Å². The Bertz CT molecular complexity index is 975. The third kappa shape index (κ3) is 6.98. The van der Waals surface area contributed by atoms with Crippen molar-refractivity contribution in [2.45, 2.75) is 31.5 Å². The number of fused-ring (bicyclic) bond motifs is 1. The van der Waals surface area contributed by atoms with Gasteiger partial charge in [0.05, 0.1) is 11.1 Å². The second-order valence-electron chi connectivity index (χ2n) is 7.30. The van der Waals surface area contributed by atoms with Crippen LogP contribution in [-0.4, -0.2) is 48.8 Å². The van der Waals surface area contributed by atoms with Gasteiger partial charge in [-0.15, -0.1) is 0 Å². The van der Waals surface area contributed by atoms with Gasteiger partial charge in [-0.05, 0) is 55.2 Å². The summed E-state index contributed by atoms with van der Waals surface area (Å²) in [5, 5.41) is 15.9. The Morgan fingerprint density at radius 1 is 1.22 bits per heavy atom. The number of carbonyl (C=O) groups excluding carboxylic acids is 2. The van der Waals surface area contributed by atoms with Crippen molar-refractivity contribution in [3.8, 4) is 11.5 Å². The number of halogens is 3. The average Bonchev–Trinajstić information content (AvgIpc) is 2.77. The monoisotopic (exact) mass is 484 g/mol. The normalized spacial score (nSPS) is 15.8. The molecule has 0 aliphatic carbocycles. The molecular formula is C22H23Cl2FN2O5. The molecule has 2 aromatic rings. The summed E-state index contributed by atoms with van der Waals surface area (Å²) in [5.41, 5.74) is 0.961. The Morgan fingerprint density at radius 2 is 2.03 bits per heavy atom. The lowest BCUT2D eigenvalue weighted by Crippen LogP contribution is -2.43. The highest BCUT2D eigenvalue weighted by Gasteiger charge is 2.26. The van der Waals surface area contributed by atoms with Crippen molar-refractivity contribution >= 4 is 35.0 Å². The van der Waals surface area contributed by atoms with Gasteiger partial charge in [0.1, 0.15) is 17.3 Å². The Kier molecular flexibility index (Phi) is 8.55. The number of benzene rings is 2. The SMILES string of the molecule is O=C(COc1ccc(Cl)c(F)c1)NCC[C@H](O)CNC(=O)C1CCc2cc(Cl)ccc2O1. The van der Waals surface area contributed by atoms with E-state index in [1.54, 1.807) is 12.1 Å². The Balaban J connectivity index is 1.31. The van der Waals surface area contributed by atoms with E-state index in [1.165, 1.54) is 12.1 Å². The summed E-state index contributed by atoms with van der Waals surface area (Å²) in [4.78, 5) is 24.1. The molecule has 0 aromatic heterocycles. The largest absolute Gasteiger partial charge is 0.484 e. The van der Waals surface area contributed by atoms with Crippen LogP contribution in [0.3, 0.4) is 0 Å². The zero-order valence-corrected chi connectivity index (χ0v) is 18.6. The third-order valence-corrected chi connectivity index (χ3v) is 5.37. The van der Waals surface area contributed by atoms with Crippen molar-refractivity contribution < 1.29 is 28.6 Å². The van der Waals surface area contributed by atoms with E-state index in [2.05, 4.69) is 10.6 Å². The highest BCUT2D eigenvalue weighted by Crippen LogP contribution is 2.30. The molecule has 2 amide bonds. The molecule has 2 aromatic carbocycles. The maximum absolute atomic E-state index is 13.3. The van der Waals surface area contributed by atoms with Crippen LogP contribution in [-0.2, 0) is 16.0 Å². The predicted molar refractivity (Wildman–Crippen MR) is 118 cm³/mol. The van der Waals surface area contributed by atoms with Crippen molar-refractivity contribution in [1.82, 2.24) is 10.6 Å². The van der Waals surface area contributed by atoms with Crippen LogP contribution < -0.4 is 20.1 Å². The van der Waals surface area contributed by atoms with Crippen molar-refractivity contribution in [2.24, 2.45) is 0 Å². The first-order valence-corrected chi connectivity index (χ1v) is 10.8. The lowest BCUT2D eigenvalue weighted by atomic mass is 10.0. The van der Waals surface area contributed by atoms with Gasteiger partial charge in [-0.2, -0.15) is 0 Å². The summed E-state index contributed by atoms with van der Waals surface area (Å²) in [7, 11) is 0. The lowest BCUT2D eigenvalue weighted by Gasteiger charge is -2.25. The number of aliphatic hydroxyl groups excluding tert-OH is 1. The number of aryl methyl sites for hydroxylation is 1. The molecule has 1 aliphatic heterocycles. The van der Waals surface area contributed by atoms with Gasteiger partial charge in [0.2, 0.25) is 0 Å². The van der Waals surface area contributed by atoms with Gasteiger partial charge in [-0.1, -0.05) is 23.2 Å². The number of ether oxygens (including phenoxy) is 2. The number of hydrogen-bond acceptors (Lipinski definition) is 5. The standard InChI is InChI=1S/C22H23Cl2FN2O5/c23-14-2-6-19-13(9-14)1-5-20(32-19)22(30)27-11-15(28)7-8-26-21(29)12-31-16-3-4-17(24)18(25)10-16/h2-4,6,9-10,15,20,28H,1,5,7-8,11-12H2,(H,26,29)(H,27,30)/t15-,20?/m0/s1. The summed E-state index contributed by atoms with van der Waals surface area (Å²) < 4.78 is 24.2. The molecule has 172 valence electrons. The molecule has 1 heterocycles. The van der Waals surface area contributed by atoms with Crippen molar-refractivity contribution in [2.75, 3.05) is 19.7 Å². The van der Waals surface area contributed by atoms with Crippen LogP contribution in [0.1, 0.15) is 18.4 Å². The predicted octanol–water partition coefficient (Wildman–Crippen LogP) is 2.89. The fourth-order valence-corrected chi connectivity index (χ4v) is 3.43. The fourth-order valence-electron chi connectivity index (χ4n) is 3.12. The first-order valence-electron chi connectivity index (χ1n) is 10.1. The lowest BCUT2D eigenvalue weighted by molar-refractivity contribution is -0.129. The zero-order valence-electron chi connectivity index (χ0n) is 17.1. The van der Waals surface area contributed by atoms with E-state index in [1.807, 2.05) is 6.07 Å². The number of carbonyl (C=O) groups is 2. The molecule has 1 aliphatic rings. The summed E-state index contributed by atoms with van der Waals surface area (Å²) in [5.74, 6) is -0.557. The molecule has 3 rings (SSSR count). The minimum Gasteiger partial charge on any atom is -0.484 e. The number of amides is 2. The summed E-state index contributed by atoms with van der Waals surface area (Å²) in [6, 6.07) is 9.14. The van der Waals surface area contributed by atoms with Crippen LogP contribution >= 0.6 is 23.2 Å². The van der Waals surface area contributed by atoms with E-state index in [-0.39, 0.29) is 42.8 Å². The maximum Gasteiger partial charge on any atom is 0.261 e. The van der Waals surface area contributed by atoms with E-state index in [0.29, 0.717) is 23.6 Å². The van der Waals surface area contributed by atoms with Gasteiger partial charge in [-0.25, -0.2) is 4.39 Å². The third-order valence-electron chi connectivity index (χ3n) is 4.83. The second kappa shape index (κ2) is 11.4. The Morgan fingerprint density at radius 3 is 2.81 bits per heavy atom. The Labute approximate surface area is 194 Å². The van der Waals surface area contributed by atoms with Crippen molar-refractivity contribution in [3.63, 3.8) is 0 Å². The molecular weight excluding hydrogens is 462 g/mol. The molecule has 2 atom stereocenters. The topological polar surface area (TPSA) is 96.9 Å². The fraction of sp³-hybridized carbons (Fsp3) is 0.364. The van der Waals surface area contributed by atoms with E-state index >= 15 is 0 Å². The first kappa shape index (κ1) is 24.1. The highest BCUT2D eigenvalue weighted by molar-refractivity contribution is 6.31. The van der Waals surface area contributed by atoms with Crippen LogP contribution in [0.2, 0.25) is 10.0 Å². The number of rotatable bonds is 9. The van der Waals surface area contributed by atoms with Gasteiger partial charge in [0, 0.05) is 24.2 Å². The summed E-state index contributed by atoms with van der Waals surface area (Å²) in [6.45, 7) is -0.0928. The van der Waals surface area contributed by atoms with E-state index in [4.69, 9.17) is 32.7 Å². The smallest absolute Gasteiger partial charge is 0.261 e. The van der Waals surface area contributed by atoms with Gasteiger partial charge < -0.3 is 25.2 Å². The molecule has 0 saturated carbocycles. The molecule has 10 heteroatoms. The minimum atomic E-state index is -0.847. The van der Waals surface area contributed by atoms with Crippen molar-refractivity contribution in [3.05, 3.63) is 57.8 Å². The molecule has 0 spiro atoms.